The number of nitrogens with zero attached hydrogens (tertiary/aromatic N) is 6. The molecule has 8 nitrogen and oxygen atoms in total. The zero-order chi connectivity index (χ0) is 17.1. The van der Waals surface area contributed by atoms with E-state index in [-0.39, 0.29) is 0 Å². The third-order valence-electron chi connectivity index (χ3n) is 4.82. The molecule has 2 aromatic rings. The second-order valence-corrected chi connectivity index (χ2v) is 6.66. The Balaban J connectivity index is 1.41. The summed E-state index contributed by atoms with van der Waals surface area (Å²) in [6.07, 6.45) is 7.96. The fourth-order valence-electron chi connectivity index (χ4n) is 3.50. The van der Waals surface area contributed by atoms with E-state index in [1.54, 1.807) is 6.33 Å². The molecule has 1 N–H and O–H groups in total. The summed E-state index contributed by atoms with van der Waals surface area (Å²) in [5.74, 6) is 1.87. The van der Waals surface area contributed by atoms with Crippen LogP contribution in [0.5, 0.6) is 0 Å². The maximum absolute atomic E-state index is 5.42. The van der Waals surface area contributed by atoms with Crippen molar-refractivity contribution in [2.24, 2.45) is 7.05 Å². The molecule has 0 spiro atoms. The van der Waals surface area contributed by atoms with Crippen LogP contribution in [0.15, 0.2) is 24.8 Å². The summed E-state index contributed by atoms with van der Waals surface area (Å²) >= 11 is 0. The minimum absolute atomic E-state index is 0.376. The number of rotatable bonds is 4. The standard InChI is InChI=1S/C17H25N7O/c1-22-12-15(10-20-22)24-4-2-3-14(11-24)21-16-9-17(19-13-18-16)23-5-7-25-8-6-23/h9-10,12-14H,2-8,11H2,1H3,(H,18,19,21)/t14-/m1/s1. The van der Waals surface area contributed by atoms with Gasteiger partial charge >= 0.3 is 0 Å². The molecule has 0 saturated carbocycles. The number of anilines is 3. The van der Waals surface area contributed by atoms with Crippen molar-refractivity contribution in [2.45, 2.75) is 18.9 Å². The number of nitrogens with one attached hydrogen (secondary N) is 1. The summed E-state index contributed by atoms with van der Waals surface area (Å²) < 4.78 is 7.27. The normalized spacial score (nSPS) is 21.4. The first kappa shape index (κ1) is 16.1. The molecule has 4 rings (SSSR count). The van der Waals surface area contributed by atoms with E-state index >= 15 is 0 Å². The van der Waals surface area contributed by atoms with Crippen LogP contribution in [0.3, 0.4) is 0 Å². The third kappa shape index (κ3) is 3.84. The Morgan fingerprint density at radius 3 is 2.84 bits per heavy atom. The zero-order valence-electron chi connectivity index (χ0n) is 14.6. The molecule has 0 bridgehead atoms. The Morgan fingerprint density at radius 1 is 1.16 bits per heavy atom. The average molecular weight is 343 g/mol. The number of hydrogen-bond donors (Lipinski definition) is 1. The van der Waals surface area contributed by atoms with Gasteiger partial charge in [0.1, 0.15) is 18.0 Å². The molecule has 2 aliphatic rings. The molecule has 0 amide bonds. The van der Waals surface area contributed by atoms with Gasteiger partial charge in [-0.15, -0.1) is 0 Å². The summed E-state index contributed by atoms with van der Waals surface area (Å²) in [6, 6.07) is 2.43. The smallest absolute Gasteiger partial charge is 0.134 e. The van der Waals surface area contributed by atoms with Crippen LogP contribution in [0.1, 0.15) is 12.8 Å². The predicted octanol–water partition coefficient (Wildman–Crippen LogP) is 1.13. The topological polar surface area (TPSA) is 71.3 Å². The van der Waals surface area contributed by atoms with E-state index < -0.39 is 0 Å². The number of hydrogen-bond acceptors (Lipinski definition) is 7. The van der Waals surface area contributed by atoms with Crippen LogP contribution in [0.4, 0.5) is 17.3 Å². The van der Waals surface area contributed by atoms with Crippen LogP contribution in [-0.2, 0) is 11.8 Å². The van der Waals surface area contributed by atoms with Crippen LogP contribution in [0, 0.1) is 0 Å². The van der Waals surface area contributed by atoms with Crippen molar-refractivity contribution < 1.29 is 4.74 Å². The highest BCUT2D eigenvalue weighted by Crippen LogP contribution is 2.22. The largest absolute Gasteiger partial charge is 0.378 e. The molecule has 8 heteroatoms. The number of morpholine rings is 1. The first-order chi connectivity index (χ1) is 12.3. The lowest BCUT2D eigenvalue weighted by Crippen LogP contribution is -2.42. The van der Waals surface area contributed by atoms with Crippen molar-refractivity contribution >= 4 is 17.3 Å². The second-order valence-electron chi connectivity index (χ2n) is 6.66. The minimum atomic E-state index is 0.376. The fraction of sp³-hybridized carbons (Fsp3) is 0.588. The Kier molecular flexibility index (Phi) is 4.69. The van der Waals surface area contributed by atoms with Gasteiger partial charge in [0.05, 0.1) is 25.1 Å². The number of ether oxygens (including phenoxy) is 1. The van der Waals surface area contributed by atoms with Gasteiger partial charge in [0.2, 0.25) is 0 Å². The SMILES string of the molecule is Cn1cc(N2CCC[C@@H](Nc3cc(N4CCOCC4)ncn3)C2)cn1. The molecule has 2 fully saturated rings. The maximum Gasteiger partial charge on any atom is 0.134 e. The molecular weight excluding hydrogens is 318 g/mol. The van der Waals surface area contributed by atoms with Crippen LogP contribution >= 0.6 is 0 Å². The van der Waals surface area contributed by atoms with Crippen LogP contribution in [-0.4, -0.2) is 65.2 Å². The molecule has 25 heavy (non-hydrogen) atoms. The molecule has 4 heterocycles. The highest BCUT2D eigenvalue weighted by molar-refractivity contribution is 5.50. The summed E-state index contributed by atoms with van der Waals surface area (Å²) in [4.78, 5) is 13.5. The van der Waals surface area contributed by atoms with Crippen molar-refractivity contribution in [2.75, 3.05) is 54.5 Å². The van der Waals surface area contributed by atoms with Crippen molar-refractivity contribution in [3.63, 3.8) is 0 Å². The average Bonchev–Trinajstić information content (AvgIpc) is 3.09. The molecule has 134 valence electrons. The Bertz CT molecular complexity index is 698. The van der Waals surface area contributed by atoms with Gasteiger partial charge in [-0.25, -0.2) is 9.97 Å². The van der Waals surface area contributed by atoms with E-state index in [1.165, 1.54) is 5.69 Å². The van der Waals surface area contributed by atoms with E-state index in [0.29, 0.717) is 6.04 Å². The minimum Gasteiger partial charge on any atom is -0.378 e. The van der Waals surface area contributed by atoms with Crippen molar-refractivity contribution in [3.8, 4) is 0 Å². The summed E-state index contributed by atoms with van der Waals surface area (Å²) in [6.45, 7) is 5.32. The first-order valence-corrected chi connectivity index (χ1v) is 8.93. The molecular formula is C17H25N7O. The Morgan fingerprint density at radius 2 is 2.04 bits per heavy atom. The molecule has 0 aliphatic carbocycles. The maximum atomic E-state index is 5.42. The van der Waals surface area contributed by atoms with Gasteiger partial charge in [0.25, 0.3) is 0 Å². The molecule has 0 aromatic carbocycles. The summed E-state index contributed by atoms with van der Waals surface area (Å²) in [5.41, 5.74) is 1.19. The highest BCUT2D eigenvalue weighted by Gasteiger charge is 2.22. The van der Waals surface area contributed by atoms with Gasteiger partial charge in [-0.1, -0.05) is 0 Å². The van der Waals surface area contributed by atoms with Gasteiger partial charge in [-0.05, 0) is 12.8 Å². The van der Waals surface area contributed by atoms with Crippen molar-refractivity contribution in [1.29, 1.82) is 0 Å². The molecule has 0 unspecified atom stereocenters. The van der Waals surface area contributed by atoms with Crippen LogP contribution in [0.2, 0.25) is 0 Å². The van der Waals surface area contributed by atoms with E-state index in [0.717, 1.165) is 63.9 Å². The second kappa shape index (κ2) is 7.26. The number of piperidine rings is 1. The lowest BCUT2D eigenvalue weighted by Gasteiger charge is -2.34. The molecule has 2 aromatic heterocycles. The molecule has 2 aliphatic heterocycles. The fourth-order valence-corrected chi connectivity index (χ4v) is 3.50. The van der Waals surface area contributed by atoms with E-state index in [4.69, 9.17) is 4.74 Å². The lowest BCUT2D eigenvalue weighted by atomic mass is 10.1. The Labute approximate surface area is 147 Å². The van der Waals surface area contributed by atoms with Gasteiger partial charge in [-0.2, -0.15) is 5.10 Å². The number of aromatic nitrogens is 4. The van der Waals surface area contributed by atoms with Crippen LogP contribution < -0.4 is 15.1 Å². The molecule has 1 atom stereocenters. The Hall–Kier alpha value is -2.35. The van der Waals surface area contributed by atoms with Crippen molar-refractivity contribution in [1.82, 2.24) is 19.7 Å². The predicted molar refractivity (Wildman–Crippen MR) is 97.1 cm³/mol. The van der Waals surface area contributed by atoms with Crippen molar-refractivity contribution in [3.05, 3.63) is 24.8 Å². The third-order valence-corrected chi connectivity index (χ3v) is 4.82. The van der Waals surface area contributed by atoms with Gasteiger partial charge < -0.3 is 19.9 Å². The van der Waals surface area contributed by atoms with Crippen LogP contribution in [0.25, 0.3) is 0 Å². The summed E-state index contributed by atoms with van der Waals surface area (Å²) in [5, 5.41) is 7.87. The monoisotopic (exact) mass is 343 g/mol. The lowest BCUT2D eigenvalue weighted by molar-refractivity contribution is 0.122. The number of aryl methyl sites for hydroxylation is 1. The highest BCUT2D eigenvalue weighted by atomic mass is 16.5. The zero-order valence-corrected chi connectivity index (χ0v) is 14.6. The quantitative estimate of drug-likeness (QED) is 0.892. The van der Waals surface area contributed by atoms with E-state index in [2.05, 4.69) is 36.4 Å². The van der Waals surface area contributed by atoms with Gasteiger partial charge in [0, 0.05) is 51.5 Å². The first-order valence-electron chi connectivity index (χ1n) is 8.93. The van der Waals surface area contributed by atoms with Gasteiger partial charge in [0.15, 0.2) is 0 Å². The molecule has 2 saturated heterocycles. The summed E-state index contributed by atoms with van der Waals surface area (Å²) in [7, 11) is 1.96. The van der Waals surface area contributed by atoms with E-state index in [9.17, 15) is 0 Å². The molecule has 0 radical (unpaired) electrons. The van der Waals surface area contributed by atoms with E-state index in [1.807, 2.05) is 24.0 Å². The van der Waals surface area contributed by atoms with Gasteiger partial charge in [-0.3, -0.25) is 4.68 Å².